The van der Waals surface area contributed by atoms with Gasteiger partial charge in [0.05, 0.1) is 24.7 Å². The molecule has 0 saturated carbocycles. The molecule has 1 N–H and O–H groups in total. The van der Waals surface area contributed by atoms with E-state index in [1.54, 1.807) is 29.2 Å². The minimum atomic E-state index is -4.36. The highest BCUT2D eigenvalue weighted by molar-refractivity contribution is 5.97. The zero-order chi connectivity index (χ0) is 20.5. The number of benzene rings is 1. The summed E-state index contributed by atoms with van der Waals surface area (Å²) in [5.74, 6) is -1.74. The SMILES string of the molecule is CC1(C)C(C(F)(F)F)CCN1C(=O)Nc1cccc(C(=O)N2CCOCC2)c1. The molecule has 2 aliphatic heterocycles. The van der Waals surface area contributed by atoms with Gasteiger partial charge in [0.1, 0.15) is 0 Å². The highest BCUT2D eigenvalue weighted by Crippen LogP contribution is 2.44. The Morgan fingerprint density at radius 2 is 1.86 bits per heavy atom. The number of anilines is 1. The van der Waals surface area contributed by atoms with E-state index in [0.717, 1.165) is 0 Å². The molecule has 2 fully saturated rings. The van der Waals surface area contributed by atoms with Crippen LogP contribution in [0.15, 0.2) is 24.3 Å². The van der Waals surface area contributed by atoms with Gasteiger partial charge in [-0.1, -0.05) is 6.07 Å². The minimum Gasteiger partial charge on any atom is -0.378 e. The fraction of sp³-hybridized carbons (Fsp3) is 0.579. The van der Waals surface area contributed by atoms with Crippen LogP contribution in [0.3, 0.4) is 0 Å². The summed E-state index contributed by atoms with van der Waals surface area (Å²) in [5, 5.41) is 2.63. The molecule has 2 heterocycles. The monoisotopic (exact) mass is 399 g/mol. The topological polar surface area (TPSA) is 61.9 Å². The highest BCUT2D eigenvalue weighted by Gasteiger charge is 2.56. The van der Waals surface area contributed by atoms with Gasteiger partial charge in [0.15, 0.2) is 0 Å². The third kappa shape index (κ3) is 4.09. The molecule has 1 atom stereocenters. The second-order valence-corrected chi connectivity index (χ2v) is 7.60. The van der Waals surface area contributed by atoms with Crippen LogP contribution in [0.5, 0.6) is 0 Å². The number of urea groups is 1. The number of morpholine rings is 1. The van der Waals surface area contributed by atoms with Crippen LogP contribution in [0.1, 0.15) is 30.6 Å². The molecule has 0 bridgehead atoms. The van der Waals surface area contributed by atoms with Crippen molar-refractivity contribution in [3.05, 3.63) is 29.8 Å². The normalized spacial score (nSPS) is 22.2. The lowest BCUT2D eigenvalue weighted by Crippen LogP contribution is -2.51. The smallest absolute Gasteiger partial charge is 0.378 e. The summed E-state index contributed by atoms with van der Waals surface area (Å²) in [6.45, 7) is 4.83. The number of alkyl halides is 3. The number of rotatable bonds is 2. The predicted octanol–water partition coefficient (Wildman–Crippen LogP) is 3.35. The van der Waals surface area contributed by atoms with Crippen LogP contribution in [0, 0.1) is 5.92 Å². The van der Waals surface area contributed by atoms with Crippen LogP contribution in [-0.2, 0) is 4.74 Å². The van der Waals surface area contributed by atoms with Gasteiger partial charge >= 0.3 is 12.2 Å². The fourth-order valence-electron chi connectivity index (χ4n) is 3.89. The van der Waals surface area contributed by atoms with Crippen LogP contribution in [-0.4, -0.2) is 66.3 Å². The zero-order valence-corrected chi connectivity index (χ0v) is 15.9. The summed E-state index contributed by atoms with van der Waals surface area (Å²) in [5.41, 5.74) is -0.562. The first-order chi connectivity index (χ1) is 13.1. The number of halogens is 3. The summed E-state index contributed by atoms with van der Waals surface area (Å²) in [6.07, 6.45) is -4.48. The largest absolute Gasteiger partial charge is 0.394 e. The van der Waals surface area contributed by atoms with E-state index >= 15 is 0 Å². The van der Waals surface area contributed by atoms with Crippen molar-refractivity contribution in [1.29, 1.82) is 0 Å². The Balaban J connectivity index is 1.70. The molecule has 9 heteroatoms. The minimum absolute atomic E-state index is 0.0232. The van der Waals surface area contributed by atoms with E-state index in [-0.39, 0.29) is 18.9 Å². The molecule has 28 heavy (non-hydrogen) atoms. The van der Waals surface area contributed by atoms with E-state index < -0.39 is 23.7 Å². The number of hydrogen-bond donors (Lipinski definition) is 1. The molecule has 2 aliphatic rings. The fourth-order valence-corrected chi connectivity index (χ4v) is 3.89. The van der Waals surface area contributed by atoms with Gasteiger partial charge in [0.2, 0.25) is 0 Å². The van der Waals surface area contributed by atoms with Crippen molar-refractivity contribution < 1.29 is 27.5 Å². The average Bonchev–Trinajstić information content (AvgIpc) is 2.97. The molecule has 0 spiro atoms. The van der Waals surface area contributed by atoms with Crippen molar-refractivity contribution in [2.45, 2.75) is 32.0 Å². The zero-order valence-electron chi connectivity index (χ0n) is 15.9. The van der Waals surface area contributed by atoms with E-state index in [4.69, 9.17) is 4.74 Å². The number of carbonyl (C=O) groups excluding carboxylic acids is 2. The third-order valence-corrected chi connectivity index (χ3v) is 5.49. The number of ether oxygens (including phenoxy) is 1. The van der Waals surface area contributed by atoms with Crippen molar-refractivity contribution in [2.75, 3.05) is 38.2 Å². The molecule has 1 aromatic rings. The Labute approximate surface area is 161 Å². The van der Waals surface area contributed by atoms with Crippen LogP contribution in [0.2, 0.25) is 0 Å². The number of likely N-dealkylation sites (tertiary alicyclic amines) is 1. The molecule has 154 valence electrons. The van der Waals surface area contributed by atoms with E-state index in [2.05, 4.69) is 5.32 Å². The van der Waals surface area contributed by atoms with E-state index in [0.29, 0.717) is 37.6 Å². The van der Waals surface area contributed by atoms with Crippen molar-refractivity contribution in [2.24, 2.45) is 5.92 Å². The Kier molecular flexibility index (Phi) is 5.56. The Bertz CT molecular complexity index is 745. The highest BCUT2D eigenvalue weighted by atomic mass is 19.4. The van der Waals surface area contributed by atoms with Gasteiger partial charge in [-0.25, -0.2) is 4.79 Å². The summed E-state index contributed by atoms with van der Waals surface area (Å²) >= 11 is 0. The van der Waals surface area contributed by atoms with Crippen molar-refractivity contribution in [3.8, 4) is 0 Å². The first kappa shape index (κ1) is 20.4. The Hall–Kier alpha value is -2.29. The molecule has 0 aliphatic carbocycles. The van der Waals surface area contributed by atoms with Gasteiger partial charge in [-0.2, -0.15) is 13.2 Å². The number of carbonyl (C=O) groups is 2. The lowest BCUT2D eigenvalue weighted by atomic mass is 9.88. The molecule has 1 aromatic carbocycles. The molecule has 2 saturated heterocycles. The van der Waals surface area contributed by atoms with Gasteiger partial charge in [0, 0.05) is 30.9 Å². The molecule has 0 aromatic heterocycles. The van der Waals surface area contributed by atoms with Crippen LogP contribution in [0.25, 0.3) is 0 Å². The summed E-state index contributed by atoms with van der Waals surface area (Å²) in [4.78, 5) is 28.1. The van der Waals surface area contributed by atoms with Gasteiger partial charge in [0.25, 0.3) is 5.91 Å². The van der Waals surface area contributed by atoms with Gasteiger partial charge in [-0.3, -0.25) is 4.79 Å². The summed E-state index contributed by atoms with van der Waals surface area (Å²) in [7, 11) is 0. The second kappa shape index (κ2) is 7.62. The molecular formula is C19H24F3N3O3. The summed E-state index contributed by atoms with van der Waals surface area (Å²) in [6, 6.07) is 5.83. The average molecular weight is 399 g/mol. The maximum Gasteiger partial charge on any atom is 0.394 e. The quantitative estimate of drug-likeness (QED) is 0.830. The first-order valence-corrected chi connectivity index (χ1v) is 9.23. The molecular weight excluding hydrogens is 375 g/mol. The third-order valence-electron chi connectivity index (χ3n) is 5.49. The molecule has 3 rings (SSSR count). The first-order valence-electron chi connectivity index (χ1n) is 9.23. The standard InChI is InChI=1S/C19H24F3N3O3/c1-18(2)15(19(20,21)22)6-7-25(18)17(27)23-14-5-3-4-13(12-14)16(26)24-8-10-28-11-9-24/h3-5,12,15H,6-11H2,1-2H3,(H,23,27). The Morgan fingerprint density at radius 3 is 2.46 bits per heavy atom. The van der Waals surface area contributed by atoms with E-state index in [9.17, 15) is 22.8 Å². The maximum absolute atomic E-state index is 13.2. The number of amides is 3. The van der Waals surface area contributed by atoms with Crippen LogP contribution in [0.4, 0.5) is 23.7 Å². The van der Waals surface area contributed by atoms with Crippen LogP contribution < -0.4 is 5.32 Å². The summed E-state index contributed by atoms with van der Waals surface area (Å²) < 4.78 is 44.9. The maximum atomic E-state index is 13.2. The lowest BCUT2D eigenvalue weighted by molar-refractivity contribution is -0.189. The molecule has 6 nitrogen and oxygen atoms in total. The number of nitrogens with one attached hydrogen (secondary N) is 1. The van der Waals surface area contributed by atoms with Gasteiger partial charge < -0.3 is 19.9 Å². The van der Waals surface area contributed by atoms with Gasteiger partial charge in [-0.05, 0) is 38.5 Å². The van der Waals surface area contributed by atoms with Crippen LogP contribution >= 0.6 is 0 Å². The van der Waals surface area contributed by atoms with Crippen molar-refractivity contribution in [3.63, 3.8) is 0 Å². The van der Waals surface area contributed by atoms with E-state index in [1.165, 1.54) is 18.7 Å². The van der Waals surface area contributed by atoms with E-state index in [1.807, 2.05) is 0 Å². The molecule has 1 unspecified atom stereocenters. The molecule has 0 radical (unpaired) electrons. The van der Waals surface area contributed by atoms with Gasteiger partial charge in [-0.15, -0.1) is 0 Å². The predicted molar refractivity (Wildman–Crippen MR) is 97.1 cm³/mol. The van der Waals surface area contributed by atoms with Crippen molar-refractivity contribution in [1.82, 2.24) is 9.80 Å². The second-order valence-electron chi connectivity index (χ2n) is 7.60. The van der Waals surface area contributed by atoms with Crippen molar-refractivity contribution >= 4 is 17.6 Å². The lowest BCUT2D eigenvalue weighted by Gasteiger charge is -2.36. The number of nitrogens with zero attached hydrogens (tertiary/aromatic N) is 2. The Morgan fingerprint density at radius 1 is 1.18 bits per heavy atom. The number of hydrogen-bond acceptors (Lipinski definition) is 3. The molecule has 3 amide bonds.